The van der Waals surface area contributed by atoms with E-state index in [0.29, 0.717) is 30.1 Å². The molecule has 0 aliphatic carbocycles. The number of carbonyl (C=O) groups excluding carboxylic acids is 2. The van der Waals surface area contributed by atoms with Crippen LogP contribution >= 0.6 is 11.3 Å². The first-order valence-electron chi connectivity index (χ1n) is 15.2. The minimum Gasteiger partial charge on any atom is -0.389 e. The third kappa shape index (κ3) is 6.59. The smallest absolute Gasteiger partial charge is 0.254 e. The molecule has 0 unspecified atom stereocenters. The molecule has 2 fully saturated rings. The number of aliphatic hydroxyl groups excluding tert-OH is 1. The average Bonchev–Trinajstić information content (AvgIpc) is 3.84. The van der Waals surface area contributed by atoms with Gasteiger partial charge in [-0.2, -0.15) is 0 Å². The van der Waals surface area contributed by atoms with Gasteiger partial charge in [0.1, 0.15) is 5.01 Å². The highest BCUT2D eigenvalue weighted by Gasteiger charge is 2.35. The van der Waals surface area contributed by atoms with E-state index in [2.05, 4.69) is 22.5 Å². The number of nitrogens with one attached hydrogen (secondary N) is 2. The molecule has 2 aromatic carbocycles. The van der Waals surface area contributed by atoms with Crippen LogP contribution in [0.25, 0.3) is 5.69 Å². The largest absolute Gasteiger partial charge is 0.389 e. The maximum atomic E-state index is 14.0. The number of benzene rings is 2. The van der Waals surface area contributed by atoms with Crippen LogP contribution in [0.4, 0.5) is 0 Å². The average molecular weight is 598 g/mol. The molecule has 2 aliphatic heterocycles. The molecule has 0 spiro atoms. The van der Waals surface area contributed by atoms with Gasteiger partial charge in [-0.1, -0.05) is 30.3 Å². The Bertz CT molecular complexity index is 1550. The predicted octanol–water partition coefficient (Wildman–Crippen LogP) is 5.06. The van der Waals surface area contributed by atoms with Crippen molar-refractivity contribution in [1.82, 2.24) is 25.1 Å². The van der Waals surface area contributed by atoms with Gasteiger partial charge < -0.3 is 25.2 Å². The predicted molar refractivity (Wildman–Crippen MR) is 169 cm³/mol. The summed E-state index contributed by atoms with van der Waals surface area (Å²) in [6, 6.07) is 18.7. The molecular formula is C34H39N5O3S. The van der Waals surface area contributed by atoms with Crippen LogP contribution in [0.1, 0.15) is 75.6 Å². The molecule has 2 saturated heterocycles. The summed E-state index contributed by atoms with van der Waals surface area (Å²) in [5.41, 5.74) is 3.57. The SMILES string of the molecule is Cc1csc([C@H]2CCCN2C(=O)c2cc(C(=O)N[C@@H](Cc3ccccc3)[C@@H](O)[C@H]3CC[C@@H](C)N3)cc(-n3cccc3)c2)n1. The fraction of sp³-hybridized carbons (Fsp3) is 0.382. The lowest BCUT2D eigenvalue weighted by atomic mass is 9.95. The van der Waals surface area contributed by atoms with E-state index in [-0.39, 0.29) is 23.9 Å². The second kappa shape index (κ2) is 12.8. The Balaban J connectivity index is 1.30. The van der Waals surface area contributed by atoms with E-state index in [1.807, 2.05) is 82.7 Å². The third-order valence-electron chi connectivity index (χ3n) is 8.61. The van der Waals surface area contributed by atoms with Crippen LogP contribution in [0, 0.1) is 6.92 Å². The van der Waals surface area contributed by atoms with Gasteiger partial charge in [0.15, 0.2) is 0 Å². The Morgan fingerprint density at radius 3 is 2.53 bits per heavy atom. The van der Waals surface area contributed by atoms with Crippen molar-refractivity contribution in [2.75, 3.05) is 6.54 Å². The number of nitrogens with zero attached hydrogens (tertiary/aromatic N) is 3. The summed E-state index contributed by atoms with van der Waals surface area (Å²) in [6.45, 7) is 4.73. The molecule has 4 heterocycles. The lowest BCUT2D eigenvalue weighted by Crippen LogP contribution is -2.53. The van der Waals surface area contributed by atoms with Crippen molar-refractivity contribution < 1.29 is 14.7 Å². The van der Waals surface area contributed by atoms with Gasteiger partial charge in [-0.3, -0.25) is 9.59 Å². The Labute approximate surface area is 256 Å². The molecule has 6 rings (SSSR count). The number of rotatable bonds is 9. The zero-order valence-electron chi connectivity index (χ0n) is 24.6. The molecule has 2 aromatic heterocycles. The summed E-state index contributed by atoms with van der Waals surface area (Å²) < 4.78 is 1.90. The number of aliphatic hydroxyl groups is 1. The van der Waals surface area contributed by atoms with Gasteiger partial charge in [0, 0.05) is 58.9 Å². The van der Waals surface area contributed by atoms with Gasteiger partial charge in [-0.25, -0.2) is 4.98 Å². The fourth-order valence-electron chi connectivity index (χ4n) is 6.37. The van der Waals surface area contributed by atoms with Gasteiger partial charge in [-0.05, 0) is 81.8 Å². The van der Waals surface area contributed by atoms with Crippen molar-refractivity contribution in [2.24, 2.45) is 0 Å². The molecule has 8 nitrogen and oxygen atoms in total. The fourth-order valence-corrected chi connectivity index (χ4v) is 7.31. The number of aryl methyl sites for hydroxylation is 1. The van der Waals surface area contributed by atoms with E-state index in [1.54, 1.807) is 23.5 Å². The van der Waals surface area contributed by atoms with Crippen molar-refractivity contribution in [2.45, 2.75) is 76.2 Å². The van der Waals surface area contributed by atoms with Crippen LogP contribution in [-0.2, 0) is 6.42 Å². The van der Waals surface area contributed by atoms with Crippen LogP contribution in [0.3, 0.4) is 0 Å². The highest BCUT2D eigenvalue weighted by Crippen LogP contribution is 2.35. The lowest BCUT2D eigenvalue weighted by molar-refractivity contribution is 0.0730. The third-order valence-corrected chi connectivity index (χ3v) is 9.68. The zero-order chi connectivity index (χ0) is 29.9. The first-order valence-corrected chi connectivity index (χ1v) is 16.0. The molecular weight excluding hydrogens is 558 g/mol. The molecule has 4 aromatic rings. The number of amides is 2. The molecule has 5 atom stereocenters. The zero-order valence-corrected chi connectivity index (χ0v) is 25.5. The van der Waals surface area contributed by atoms with Crippen LogP contribution in [-0.4, -0.2) is 62.1 Å². The highest BCUT2D eigenvalue weighted by molar-refractivity contribution is 7.09. The van der Waals surface area contributed by atoms with Crippen molar-refractivity contribution >= 4 is 23.2 Å². The molecule has 0 bridgehead atoms. The van der Waals surface area contributed by atoms with E-state index in [9.17, 15) is 14.7 Å². The number of aromatic nitrogens is 2. The Morgan fingerprint density at radius 1 is 1.07 bits per heavy atom. The summed E-state index contributed by atoms with van der Waals surface area (Å²) in [5.74, 6) is -0.425. The number of carbonyl (C=O) groups is 2. The molecule has 3 N–H and O–H groups in total. The van der Waals surface area contributed by atoms with E-state index in [1.165, 1.54) is 0 Å². The van der Waals surface area contributed by atoms with Crippen LogP contribution in [0.5, 0.6) is 0 Å². The Kier molecular flexibility index (Phi) is 8.74. The van der Waals surface area contributed by atoms with Crippen LogP contribution in [0.15, 0.2) is 78.4 Å². The molecule has 0 radical (unpaired) electrons. The highest BCUT2D eigenvalue weighted by atomic mass is 32.1. The quantitative estimate of drug-likeness (QED) is 0.251. The molecule has 2 aliphatic rings. The second-order valence-electron chi connectivity index (χ2n) is 11.9. The summed E-state index contributed by atoms with van der Waals surface area (Å²) in [6.07, 6.45) is 7.13. The summed E-state index contributed by atoms with van der Waals surface area (Å²) in [7, 11) is 0. The first kappa shape index (κ1) is 29.3. The van der Waals surface area contributed by atoms with Crippen molar-refractivity contribution in [3.63, 3.8) is 0 Å². The summed E-state index contributed by atoms with van der Waals surface area (Å²) >= 11 is 1.59. The number of hydrogen-bond acceptors (Lipinski definition) is 6. The normalized spacial score (nSPS) is 21.6. The van der Waals surface area contributed by atoms with Crippen LogP contribution < -0.4 is 10.6 Å². The van der Waals surface area contributed by atoms with Crippen LogP contribution in [0.2, 0.25) is 0 Å². The summed E-state index contributed by atoms with van der Waals surface area (Å²) in [5, 5.41) is 21.1. The topological polar surface area (TPSA) is 99.5 Å². The number of hydrogen-bond donors (Lipinski definition) is 3. The lowest BCUT2D eigenvalue weighted by Gasteiger charge is -2.29. The van der Waals surface area contributed by atoms with Gasteiger partial charge in [0.2, 0.25) is 0 Å². The van der Waals surface area contributed by atoms with Gasteiger partial charge in [-0.15, -0.1) is 11.3 Å². The van der Waals surface area contributed by atoms with Crippen molar-refractivity contribution in [1.29, 1.82) is 0 Å². The van der Waals surface area contributed by atoms with E-state index >= 15 is 0 Å². The monoisotopic (exact) mass is 597 g/mol. The maximum absolute atomic E-state index is 14.0. The van der Waals surface area contributed by atoms with Gasteiger partial charge in [0.25, 0.3) is 11.8 Å². The summed E-state index contributed by atoms with van der Waals surface area (Å²) in [4.78, 5) is 34.5. The van der Waals surface area contributed by atoms with Crippen molar-refractivity contribution in [3.8, 4) is 5.69 Å². The maximum Gasteiger partial charge on any atom is 0.254 e. The number of likely N-dealkylation sites (tertiary alicyclic amines) is 1. The second-order valence-corrected chi connectivity index (χ2v) is 12.7. The first-order chi connectivity index (χ1) is 20.9. The molecule has 0 saturated carbocycles. The molecule has 43 heavy (non-hydrogen) atoms. The molecule has 2 amide bonds. The van der Waals surface area contributed by atoms with E-state index in [0.717, 1.165) is 47.6 Å². The minimum absolute atomic E-state index is 0.0644. The minimum atomic E-state index is -0.769. The van der Waals surface area contributed by atoms with Gasteiger partial charge >= 0.3 is 0 Å². The molecule has 9 heteroatoms. The van der Waals surface area contributed by atoms with Crippen molar-refractivity contribution in [3.05, 3.63) is 106 Å². The van der Waals surface area contributed by atoms with E-state index < -0.39 is 12.1 Å². The standard InChI is InChI=1S/C34H39N5O3S/c1-22-12-13-28(35-22)31(40)29(17-24-9-4-3-5-10-24)37-32(41)25-18-26(20-27(19-25)38-14-6-7-15-38)34(42)39-16-8-11-30(39)33-36-23(2)21-43-33/h3-7,9-10,14-15,18-22,28-31,35,40H,8,11-13,16-17H2,1-2H3,(H,37,41)/t22-,28-,29+,30-,31+/m1/s1. The number of thiazole rings is 1. The van der Waals surface area contributed by atoms with E-state index in [4.69, 9.17) is 0 Å². The Hall–Kier alpha value is -3.79. The Morgan fingerprint density at radius 2 is 1.84 bits per heavy atom. The van der Waals surface area contributed by atoms with Gasteiger partial charge in [0.05, 0.1) is 18.2 Å². The molecule has 224 valence electrons.